The van der Waals surface area contributed by atoms with Gasteiger partial charge in [0.1, 0.15) is 10.5 Å². The molecule has 0 spiro atoms. The SMILES string of the molecule is O=c1[nH]c(CSc2nn(-c3ccc(Cl)c(Cl)c3)c(=S)s2)nc2ccsc12. The van der Waals surface area contributed by atoms with Gasteiger partial charge in [0.2, 0.25) is 0 Å². The first kappa shape index (κ1) is 18.1. The number of hydrogen-bond donors (Lipinski definition) is 1. The van der Waals surface area contributed by atoms with E-state index in [1.165, 1.54) is 34.4 Å². The highest BCUT2D eigenvalue weighted by Gasteiger charge is 2.10. The van der Waals surface area contributed by atoms with Crippen molar-refractivity contribution in [3.8, 4) is 5.69 Å². The molecule has 0 fully saturated rings. The van der Waals surface area contributed by atoms with Gasteiger partial charge in [0, 0.05) is 0 Å². The van der Waals surface area contributed by atoms with E-state index in [1.807, 2.05) is 17.5 Å². The van der Waals surface area contributed by atoms with Gasteiger partial charge in [-0.3, -0.25) is 4.79 Å². The van der Waals surface area contributed by atoms with Crippen LogP contribution in [0.4, 0.5) is 0 Å². The van der Waals surface area contributed by atoms with Crippen molar-refractivity contribution in [1.82, 2.24) is 19.7 Å². The Hall–Kier alpha value is -1.23. The van der Waals surface area contributed by atoms with Gasteiger partial charge in [-0.25, -0.2) is 9.67 Å². The second-order valence-corrected chi connectivity index (χ2v) is 9.66. The lowest BCUT2D eigenvalue weighted by Gasteiger charge is -2.02. The van der Waals surface area contributed by atoms with Crippen molar-refractivity contribution < 1.29 is 0 Å². The molecule has 11 heteroatoms. The molecule has 26 heavy (non-hydrogen) atoms. The fourth-order valence-electron chi connectivity index (χ4n) is 2.22. The molecular weight excluding hydrogens is 451 g/mol. The van der Waals surface area contributed by atoms with Crippen LogP contribution in [0.15, 0.2) is 38.8 Å². The van der Waals surface area contributed by atoms with Crippen LogP contribution in [0.5, 0.6) is 0 Å². The number of aromatic nitrogens is 4. The minimum absolute atomic E-state index is 0.116. The fraction of sp³-hybridized carbons (Fsp3) is 0.0667. The number of thioether (sulfide) groups is 1. The number of rotatable bonds is 4. The predicted molar refractivity (Wildman–Crippen MR) is 112 cm³/mol. The molecule has 0 atom stereocenters. The molecule has 0 aliphatic carbocycles. The number of benzene rings is 1. The van der Waals surface area contributed by atoms with Crippen LogP contribution in [-0.2, 0) is 5.75 Å². The normalized spacial score (nSPS) is 11.3. The highest BCUT2D eigenvalue weighted by Crippen LogP contribution is 2.29. The summed E-state index contributed by atoms with van der Waals surface area (Å²) in [7, 11) is 0. The molecule has 0 aliphatic heterocycles. The summed E-state index contributed by atoms with van der Waals surface area (Å²) in [5.41, 5.74) is 1.34. The first-order chi connectivity index (χ1) is 12.5. The summed E-state index contributed by atoms with van der Waals surface area (Å²) < 4.78 is 3.65. The van der Waals surface area contributed by atoms with E-state index in [0.717, 1.165) is 10.0 Å². The maximum absolute atomic E-state index is 12.0. The third-order valence-electron chi connectivity index (χ3n) is 3.37. The third kappa shape index (κ3) is 3.60. The van der Waals surface area contributed by atoms with Gasteiger partial charge in [-0.2, -0.15) is 0 Å². The third-order valence-corrected chi connectivity index (χ3v) is 7.39. The zero-order chi connectivity index (χ0) is 18.3. The van der Waals surface area contributed by atoms with E-state index in [4.69, 9.17) is 35.4 Å². The number of nitrogens with zero attached hydrogens (tertiary/aromatic N) is 3. The molecule has 4 rings (SSSR count). The Bertz CT molecular complexity index is 1230. The zero-order valence-corrected chi connectivity index (χ0v) is 17.5. The van der Waals surface area contributed by atoms with Gasteiger partial charge in [0.15, 0.2) is 8.29 Å². The molecule has 0 bridgehead atoms. The molecule has 4 aromatic rings. The maximum Gasteiger partial charge on any atom is 0.268 e. The minimum Gasteiger partial charge on any atom is -0.309 e. The van der Waals surface area contributed by atoms with E-state index in [0.29, 0.717) is 35.8 Å². The van der Waals surface area contributed by atoms with Gasteiger partial charge >= 0.3 is 0 Å². The summed E-state index contributed by atoms with van der Waals surface area (Å²) >= 11 is 21.6. The van der Waals surface area contributed by atoms with E-state index < -0.39 is 0 Å². The summed E-state index contributed by atoms with van der Waals surface area (Å²) in [6, 6.07) is 7.07. The number of thiophene rings is 1. The number of fused-ring (bicyclic) bond motifs is 1. The zero-order valence-electron chi connectivity index (χ0n) is 12.7. The molecule has 0 radical (unpaired) electrons. The Morgan fingerprint density at radius 1 is 1.27 bits per heavy atom. The van der Waals surface area contributed by atoms with Gasteiger partial charge < -0.3 is 4.98 Å². The summed E-state index contributed by atoms with van der Waals surface area (Å²) in [6.07, 6.45) is 0. The molecule has 3 heterocycles. The van der Waals surface area contributed by atoms with Crippen LogP contribution >= 0.6 is 69.9 Å². The van der Waals surface area contributed by atoms with E-state index >= 15 is 0 Å². The van der Waals surface area contributed by atoms with E-state index in [2.05, 4.69) is 15.1 Å². The van der Waals surface area contributed by atoms with Crippen LogP contribution < -0.4 is 5.56 Å². The highest BCUT2D eigenvalue weighted by molar-refractivity contribution is 8.00. The second kappa shape index (κ2) is 7.41. The number of H-pyrrole nitrogens is 1. The lowest BCUT2D eigenvalue weighted by molar-refractivity contribution is 0.829. The van der Waals surface area contributed by atoms with Crippen molar-refractivity contribution in [3.63, 3.8) is 0 Å². The van der Waals surface area contributed by atoms with Crippen LogP contribution in [0.2, 0.25) is 10.0 Å². The molecule has 5 nitrogen and oxygen atoms in total. The summed E-state index contributed by atoms with van der Waals surface area (Å²) in [4.78, 5) is 19.3. The van der Waals surface area contributed by atoms with Gasteiger partial charge in [-0.1, -0.05) is 46.3 Å². The Labute approximate surface area is 174 Å². The van der Waals surface area contributed by atoms with Crippen molar-refractivity contribution >= 4 is 80.1 Å². The van der Waals surface area contributed by atoms with Gasteiger partial charge in [0.25, 0.3) is 5.56 Å². The molecule has 3 aromatic heterocycles. The molecule has 0 saturated carbocycles. The van der Waals surface area contributed by atoms with Crippen molar-refractivity contribution in [2.75, 3.05) is 0 Å². The van der Waals surface area contributed by atoms with Crippen LogP contribution in [0.1, 0.15) is 5.82 Å². The quantitative estimate of drug-likeness (QED) is 0.320. The fourth-order valence-corrected chi connectivity index (χ4v) is 5.47. The number of aromatic amines is 1. The summed E-state index contributed by atoms with van der Waals surface area (Å²) in [5.74, 6) is 1.10. The topological polar surface area (TPSA) is 63.6 Å². The molecule has 0 unspecified atom stereocenters. The molecular formula is C15H8Cl2N4OS4. The first-order valence-corrected chi connectivity index (χ1v) is 11.0. The molecule has 0 aliphatic rings. The van der Waals surface area contributed by atoms with Crippen molar-refractivity contribution in [3.05, 3.63) is 59.8 Å². The Morgan fingerprint density at radius 2 is 2.12 bits per heavy atom. The van der Waals surface area contributed by atoms with Crippen LogP contribution in [0.25, 0.3) is 15.9 Å². The Morgan fingerprint density at radius 3 is 2.92 bits per heavy atom. The van der Waals surface area contributed by atoms with E-state index in [9.17, 15) is 4.79 Å². The van der Waals surface area contributed by atoms with Crippen molar-refractivity contribution in [2.45, 2.75) is 10.1 Å². The minimum atomic E-state index is -0.116. The van der Waals surface area contributed by atoms with Crippen LogP contribution in [0.3, 0.4) is 0 Å². The first-order valence-electron chi connectivity index (χ1n) is 7.16. The predicted octanol–water partition coefficient (Wildman–Crippen LogP) is 5.56. The Kier molecular flexibility index (Phi) is 5.18. The van der Waals surface area contributed by atoms with E-state index in [-0.39, 0.29) is 5.56 Å². The smallest absolute Gasteiger partial charge is 0.268 e. The Balaban J connectivity index is 1.58. The number of halogens is 2. The number of nitrogens with one attached hydrogen (secondary N) is 1. The largest absolute Gasteiger partial charge is 0.309 e. The summed E-state index contributed by atoms with van der Waals surface area (Å²) in [6.45, 7) is 0. The standard InChI is InChI=1S/C15H8Cl2N4OS4/c16-8-2-1-7(5-9(8)17)21-15(23)26-14(20-21)25-6-11-18-10-3-4-24-12(10)13(22)19-11/h1-5H,6H2,(H,18,19,22). The lowest BCUT2D eigenvalue weighted by Crippen LogP contribution is -2.09. The highest BCUT2D eigenvalue weighted by atomic mass is 35.5. The molecule has 0 amide bonds. The molecule has 1 N–H and O–H groups in total. The molecule has 1 aromatic carbocycles. The average Bonchev–Trinajstić information content (AvgIpc) is 3.22. The second-order valence-electron chi connectivity index (χ2n) is 5.08. The lowest BCUT2D eigenvalue weighted by atomic mass is 10.3. The van der Waals surface area contributed by atoms with Crippen LogP contribution in [-0.4, -0.2) is 19.7 Å². The van der Waals surface area contributed by atoms with Crippen LogP contribution in [0, 0.1) is 3.95 Å². The monoisotopic (exact) mass is 458 g/mol. The van der Waals surface area contributed by atoms with E-state index in [1.54, 1.807) is 16.8 Å². The van der Waals surface area contributed by atoms with Crippen molar-refractivity contribution in [1.29, 1.82) is 0 Å². The van der Waals surface area contributed by atoms with Gasteiger partial charge in [-0.05, 0) is 41.9 Å². The molecule has 132 valence electrons. The number of hydrogen-bond acceptors (Lipinski definition) is 7. The van der Waals surface area contributed by atoms with Crippen molar-refractivity contribution in [2.24, 2.45) is 0 Å². The van der Waals surface area contributed by atoms with Gasteiger partial charge in [0.05, 0.1) is 27.0 Å². The molecule has 0 saturated heterocycles. The van der Waals surface area contributed by atoms with Gasteiger partial charge in [-0.15, -0.1) is 16.4 Å². The maximum atomic E-state index is 12.0. The summed E-state index contributed by atoms with van der Waals surface area (Å²) in [5, 5.41) is 7.29. The average molecular weight is 459 g/mol.